The molecule has 2 heterocycles. The summed E-state index contributed by atoms with van der Waals surface area (Å²) in [5, 5.41) is 15.8. The molecule has 2 aromatic rings. The Morgan fingerprint density at radius 2 is 2.06 bits per heavy atom. The maximum Gasteiger partial charge on any atom is 0.266 e. The molecule has 1 aromatic heterocycles. The second kappa shape index (κ2) is 10.8. The van der Waals surface area contributed by atoms with E-state index in [0.29, 0.717) is 37.0 Å². The van der Waals surface area contributed by atoms with Crippen LogP contribution >= 0.6 is 0 Å². The third-order valence-electron chi connectivity index (χ3n) is 6.34. The van der Waals surface area contributed by atoms with Gasteiger partial charge in [-0.2, -0.15) is 4.98 Å². The number of rotatable bonds is 11. The molecule has 0 atom stereocenters. The predicted octanol–water partition coefficient (Wildman–Crippen LogP) is 3.44. The highest BCUT2D eigenvalue weighted by Gasteiger charge is 2.31. The van der Waals surface area contributed by atoms with Crippen molar-refractivity contribution in [1.29, 1.82) is 0 Å². The van der Waals surface area contributed by atoms with E-state index in [9.17, 15) is 4.79 Å². The molecule has 0 bridgehead atoms. The van der Waals surface area contributed by atoms with Gasteiger partial charge >= 0.3 is 0 Å². The number of amides is 1. The van der Waals surface area contributed by atoms with Crippen LogP contribution in [0.25, 0.3) is 0 Å². The fourth-order valence-electron chi connectivity index (χ4n) is 4.19. The van der Waals surface area contributed by atoms with Crippen molar-refractivity contribution in [1.82, 2.24) is 15.5 Å². The van der Waals surface area contributed by atoms with Crippen LogP contribution in [0.4, 0.5) is 5.95 Å². The molecule has 1 amide bonds. The van der Waals surface area contributed by atoms with E-state index in [1.165, 1.54) is 12.8 Å². The number of nitrogens with zero attached hydrogens (tertiary/aromatic N) is 3. The first-order chi connectivity index (χ1) is 15.6. The molecule has 32 heavy (non-hydrogen) atoms. The molecule has 1 saturated carbocycles. The van der Waals surface area contributed by atoms with E-state index in [1.54, 1.807) is 6.07 Å². The van der Waals surface area contributed by atoms with Gasteiger partial charge in [-0.05, 0) is 86.7 Å². The summed E-state index contributed by atoms with van der Waals surface area (Å²) < 4.78 is 11.3. The molecular formula is C24H34N4O4. The predicted molar refractivity (Wildman–Crippen MR) is 121 cm³/mol. The van der Waals surface area contributed by atoms with Gasteiger partial charge in [-0.3, -0.25) is 4.79 Å². The summed E-state index contributed by atoms with van der Waals surface area (Å²) in [4.78, 5) is 19.0. The van der Waals surface area contributed by atoms with E-state index in [-0.39, 0.29) is 12.5 Å². The number of aromatic nitrogens is 2. The Balaban J connectivity index is 1.14. The lowest BCUT2D eigenvalue weighted by molar-refractivity contribution is 0.0950. The molecule has 4 rings (SSSR count). The largest absolute Gasteiger partial charge is 0.494 e. The van der Waals surface area contributed by atoms with E-state index in [2.05, 4.69) is 20.4 Å². The third-order valence-corrected chi connectivity index (χ3v) is 6.34. The molecule has 0 radical (unpaired) electrons. The van der Waals surface area contributed by atoms with Crippen LogP contribution in [0.15, 0.2) is 22.7 Å². The number of ether oxygens (including phenoxy) is 1. The van der Waals surface area contributed by atoms with Crippen LogP contribution in [-0.2, 0) is 0 Å². The molecule has 0 spiro atoms. The highest BCUT2D eigenvalue weighted by molar-refractivity contribution is 5.95. The van der Waals surface area contributed by atoms with Gasteiger partial charge in [0.25, 0.3) is 11.9 Å². The first-order valence-electron chi connectivity index (χ1n) is 11.8. The molecule has 1 aliphatic heterocycles. The van der Waals surface area contributed by atoms with Crippen molar-refractivity contribution in [2.24, 2.45) is 5.92 Å². The summed E-state index contributed by atoms with van der Waals surface area (Å²) in [7, 11) is 0. The van der Waals surface area contributed by atoms with Gasteiger partial charge in [-0.1, -0.05) is 0 Å². The second-order valence-corrected chi connectivity index (χ2v) is 8.94. The van der Waals surface area contributed by atoms with E-state index < -0.39 is 0 Å². The average molecular weight is 443 g/mol. The minimum Gasteiger partial charge on any atom is -0.494 e. The zero-order valence-corrected chi connectivity index (χ0v) is 18.9. The Hall–Kier alpha value is -2.61. The molecule has 174 valence electrons. The number of carbonyl (C=O) groups is 1. The lowest BCUT2D eigenvalue weighted by Crippen LogP contribution is -2.34. The molecule has 2 fully saturated rings. The maximum atomic E-state index is 12.2. The van der Waals surface area contributed by atoms with E-state index in [1.807, 2.05) is 19.1 Å². The molecule has 1 aromatic carbocycles. The number of anilines is 1. The highest BCUT2D eigenvalue weighted by atomic mass is 16.5. The Bertz CT molecular complexity index is 888. The summed E-state index contributed by atoms with van der Waals surface area (Å²) in [6.07, 6.45) is 7.37. The Morgan fingerprint density at radius 1 is 1.25 bits per heavy atom. The minimum absolute atomic E-state index is 0.0746. The van der Waals surface area contributed by atoms with Gasteiger partial charge in [-0.25, -0.2) is 0 Å². The van der Waals surface area contributed by atoms with Gasteiger partial charge in [0.2, 0.25) is 5.89 Å². The van der Waals surface area contributed by atoms with Crippen molar-refractivity contribution in [3.63, 3.8) is 0 Å². The fourth-order valence-corrected chi connectivity index (χ4v) is 4.19. The van der Waals surface area contributed by atoms with Crippen molar-refractivity contribution in [3.8, 4) is 5.75 Å². The number of nitrogens with one attached hydrogen (secondary N) is 1. The zero-order chi connectivity index (χ0) is 22.3. The van der Waals surface area contributed by atoms with E-state index >= 15 is 0 Å². The van der Waals surface area contributed by atoms with Crippen molar-refractivity contribution < 1.29 is 19.2 Å². The lowest BCUT2D eigenvalue weighted by Gasteiger charge is -2.30. The minimum atomic E-state index is -0.113. The summed E-state index contributed by atoms with van der Waals surface area (Å²) in [6, 6.07) is 5.58. The number of aliphatic hydroxyl groups excluding tert-OH is 1. The smallest absolute Gasteiger partial charge is 0.266 e. The van der Waals surface area contributed by atoms with Gasteiger partial charge in [0, 0.05) is 37.7 Å². The van der Waals surface area contributed by atoms with Crippen LogP contribution in [0.3, 0.4) is 0 Å². The molecule has 2 N–H and O–H groups in total. The van der Waals surface area contributed by atoms with Crippen molar-refractivity contribution >= 4 is 11.9 Å². The number of hydrogen-bond acceptors (Lipinski definition) is 7. The number of piperidine rings is 1. The maximum absolute atomic E-state index is 12.2. The molecule has 1 aliphatic carbocycles. The molecule has 1 saturated heterocycles. The summed E-state index contributed by atoms with van der Waals surface area (Å²) in [5.74, 6) is 3.46. The normalized spacial score (nSPS) is 16.9. The van der Waals surface area contributed by atoms with E-state index in [4.69, 9.17) is 14.4 Å². The number of aliphatic hydroxyl groups is 1. The van der Waals surface area contributed by atoms with Crippen molar-refractivity contribution in [2.45, 2.75) is 57.8 Å². The molecular weight excluding hydrogens is 408 g/mol. The van der Waals surface area contributed by atoms with Crippen molar-refractivity contribution in [2.75, 3.05) is 37.7 Å². The van der Waals surface area contributed by atoms with Gasteiger partial charge in [0.15, 0.2) is 0 Å². The van der Waals surface area contributed by atoms with Crippen LogP contribution in [-0.4, -0.2) is 54.0 Å². The first-order valence-corrected chi connectivity index (χ1v) is 11.8. The van der Waals surface area contributed by atoms with Crippen molar-refractivity contribution in [3.05, 3.63) is 35.2 Å². The van der Waals surface area contributed by atoms with Crippen LogP contribution in [0.2, 0.25) is 0 Å². The SMILES string of the molecule is Cc1cc(OCCCC2CCN(c3noc(C4CC4)n3)CC2)ccc1C(=O)NCCCO. The fraction of sp³-hybridized carbons (Fsp3) is 0.625. The van der Waals surface area contributed by atoms with Gasteiger partial charge in [0.05, 0.1) is 6.61 Å². The second-order valence-electron chi connectivity index (χ2n) is 8.94. The van der Waals surface area contributed by atoms with Gasteiger partial charge in [-0.15, -0.1) is 0 Å². The highest BCUT2D eigenvalue weighted by Crippen LogP contribution is 2.39. The standard InChI is InChI=1S/C24H34N4O4/c1-17-16-20(7-8-21(17)22(30)25-11-3-14-29)31-15-2-4-18-9-12-28(13-10-18)24-26-23(32-27-24)19-5-6-19/h7-8,16,18-19,29H,2-6,9-15H2,1H3,(H,25,30). The summed E-state index contributed by atoms with van der Waals surface area (Å²) in [6.45, 7) is 5.11. The number of aryl methyl sites for hydroxylation is 1. The van der Waals surface area contributed by atoms with Gasteiger partial charge < -0.3 is 24.6 Å². The number of carbonyl (C=O) groups excluding carboxylic acids is 1. The molecule has 8 heteroatoms. The molecule has 0 unspecified atom stereocenters. The monoisotopic (exact) mass is 442 g/mol. The topological polar surface area (TPSA) is 101 Å². The molecule has 2 aliphatic rings. The lowest BCUT2D eigenvalue weighted by atomic mass is 9.92. The summed E-state index contributed by atoms with van der Waals surface area (Å²) >= 11 is 0. The Morgan fingerprint density at radius 3 is 2.78 bits per heavy atom. The Kier molecular flexibility index (Phi) is 7.63. The average Bonchev–Trinajstić information content (AvgIpc) is 3.54. The van der Waals surface area contributed by atoms with Crippen LogP contribution in [0.5, 0.6) is 5.75 Å². The first kappa shape index (κ1) is 22.6. The van der Waals surface area contributed by atoms with E-state index in [0.717, 1.165) is 61.9 Å². The van der Waals surface area contributed by atoms with Gasteiger partial charge in [0.1, 0.15) is 5.75 Å². The Labute approximate surface area is 189 Å². The number of benzene rings is 1. The quantitative estimate of drug-likeness (QED) is 0.514. The van der Waals surface area contributed by atoms with Crippen LogP contribution in [0.1, 0.15) is 72.7 Å². The number of hydrogen-bond donors (Lipinski definition) is 2. The van der Waals surface area contributed by atoms with Crippen LogP contribution in [0, 0.1) is 12.8 Å². The summed E-state index contributed by atoms with van der Waals surface area (Å²) in [5.41, 5.74) is 1.54. The zero-order valence-electron chi connectivity index (χ0n) is 18.9. The van der Waals surface area contributed by atoms with Crippen LogP contribution < -0.4 is 15.0 Å². The molecule has 8 nitrogen and oxygen atoms in total. The third kappa shape index (κ3) is 6.00.